The quantitative estimate of drug-likeness (QED) is 0.919. The number of aromatic nitrogens is 2. The first-order valence-electron chi connectivity index (χ1n) is 6.39. The van der Waals surface area contributed by atoms with Crippen LogP contribution in [0.25, 0.3) is 0 Å². The van der Waals surface area contributed by atoms with Gasteiger partial charge in [0.2, 0.25) is 5.88 Å². The fourth-order valence-corrected chi connectivity index (χ4v) is 2.13. The highest BCUT2D eigenvalue weighted by molar-refractivity contribution is 6.32. The van der Waals surface area contributed by atoms with Crippen LogP contribution in [0, 0.1) is 12.7 Å². The molecule has 0 unspecified atom stereocenters. The van der Waals surface area contributed by atoms with Crippen LogP contribution in [0.1, 0.15) is 18.2 Å². The van der Waals surface area contributed by atoms with Crippen molar-refractivity contribution in [2.75, 3.05) is 6.54 Å². The molecule has 1 aromatic heterocycles. The molecule has 0 saturated heterocycles. The molecule has 20 heavy (non-hydrogen) atoms. The second kappa shape index (κ2) is 6.24. The van der Waals surface area contributed by atoms with Gasteiger partial charge in [-0.15, -0.1) is 0 Å². The van der Waals surface area contributed by atoms with Crippen LogP contribution in [-0.2, 0) is 13.6 Å². The van der Waals surface area contributed by atoms with Gasteiger partial charge in [0.05, 0.1) is 16.3 Å². The summed E-state index contributed by atoms with van der Waals surface area (Å²) in [6, 6.07) is 4.05. The molecule has 0 atom stereocenters. The third-order valence-electron chi connectivity index (χ3n) is 2.94. The number of halogens is 2. The van der Waals surface area contributed by atoms with Crippen LogP contribution in [0.15, 0.2) is 18.2 Å². The third-order valence-corrected chi connectivity index (χ3v) is 3.24. The minimum Gasteiger partial charge on any atom is -0.437 e. The molecule has 0 fully saturated rings. The van der Waals surface area contributed by atoms with Gasteiger partial charge in [-0.1, -0.05) is 18.5 Å². The van der Waals surface area contributed by atoms with Crippen molar-refractivity contribution in [2.24, 2.45) is 7.05 Å². The molecule has 2 aromatic rings. The summed E-state index contributed by atoms with van der Waals surface area (Å²) in [6.07, 6.45) is 0. The van der Waals surface area contributed by atoms with Gasteiger partial charge in [0, 0.05) is 13.6 Å². The van der Waals surface area contributed by atoms with Gasteiger partial charge in [-0.05, 0) is 31.7 Å². The lowest BCUT2D eigenvalue weighted by molar-refractivity contribution is 0.423. The maximum atomic E-state index is 13.0. The van der Waals surface area contributed by atoms with Gasteiger partial charge < -0.3 is 10.1 Å². The molecule has 1 N–H and O–H groups in total. The summed E-state index contributed by atoms with van der Waals surface area (Å²) in [6.45, 7) is 5.46. The van der Waals surface area contributed by atoms with Crippen molar-refractivity contribution in [3.63, 3.8) is 0 Å². The molecule has 4 nitrogen and oxygen atoms in total. The van der Waals surface area contributed by atoms with Gasteiger partial charge in [0.25, 0.3) is 0 Å². The van der Waals surface area contributed by atoms with E-state index < -0.39 is 5.82 Å². The minimum absolute atomic E-state index is 0.234. The number of hydrogen-bond acceptors (Lipinski definition) is 3. The Morgan fingerprint density at radius 2 is 2.20 bits per heavy atom. The Labute approximate surface area is 122 Å². The second-order valence-electron chi connectivity index (χ2n) is 4.45. The van der Waals surface area contributed by atoms with E-state index in [1.54, 1.807) is 11.7 Å². The van der Waals surface area contributed by atoms with Crippen LogP contribution in [-0.4, -0.2) is 16.3 Å². The van der Waals surface area contributed by atoms with Crippen molar-refractivity contribution in [1.82, 2.24) is 15.1 Å². The number of rotatable bonds is 5. The lowest BCUT2D eigenvalue weighted by Gasteiger charge is -2.10. The normalized spacial score (nSPS) is 10.8. The summed E-state index contributed by atoms with van der Waals surface area (Å²) < 4.78 is 20.5. The predicted octanol–water partition coefficient (Wildman–Crippen LogP) is 3.42. The maximum Gasteiger partial charge on any atom is 0.222 e. The lowest BCUT2D eigenvalue weighted by Crippen LogP contribution is -2.12. The zero-order valence-corrected chi connectivity index (χ0v) is 12.5. The molecule has 0 saturated carbocycles. The third kappa shape index (κ3) is 3.11. The van der Waals surface area contributed by atoms with Crippen molar-refractivity contribution >= 4 is 11.6 Å². The lowest BCUT2D eigenvalue weighted by atomic mass is 10.2. The Bertz CT molecular complexity index is 613. The molecular weight excluding hydrogens is 281 g/mol. The molecule has 108 valence electrons. The molecule has 1 heterocycles. The van der Waals surface area contributed by atoms with E-state index >= 15 is 0 Å². The fourth-order valence-electron chi connectivity index (χ4n) is 1.92. The summed E-state index contributed by atoms with van der Waals surface area (Å²) in [5.41, 5.74) is 1.86. The van der Waals surface area contributed by atoms with Crippen molar-refractivity contribution in [1.29, 1.82) is 0 Å². The summed E-state index contributed by atoms with van der Waals surface area (Å²) >= 11 is 5.98. The van der Waals surface area contributed by atoms with Crippen LogP contribution >= 0.6 is 11.6 Å². The molecule has 0 aliphatic carbocycles. The summed E-state index contributed by atoms with van der Waals surface area (Å²) in [7, 11) is 1.80. The number of nitrogens with zero attached hydrogens (tertiary/aromatic N) is 2. The summed E-state index contributed by atoms with van der Waals surface area (Å²) in [5, 5.41) is 7.82. The summed E-state index contributed by atoms with van der Waals surface area (Å²) in [5.74, 6) is 0.627. The average Bonchev–Trinajstić information content (AvgIpc) is 2.65. The van der Waals surface area contributed by atoms with E-state index in [0.717, 1.165) is 17.8 Å². The fraction of sp³-hybridized carbons (Fsp3) is 0.357. The largest absolute Gasteiger partial charge is 0.437 e. The number of nitrogens with one attached hydrogen (secondary N) is 1. The van der Waals surface area contributed by atoms with Crippen LogP contribution in [0.3, 0.4) is 0 Å². The van der Waals surface area contributed by atoms with E-state index in [-0.39, 0.29) is 5.02 Å². The van der Waals surface area contributed by atoms with Crippen LogP contribution in [0.2, 0.25) is 5.02 Å². The van der Waals surface area contributed by atoms with Gasteiger partial charge in [-0.2, -0.15) is 5.10 Å². The summed E-state index contributed by atoms with van der Waals surface area (Å²) in [4.78, 5) is 0. The first-order valence-corrected chi connectivity index (χ1v) is 6.76. The number of benzene rings is 1. The number of aryl methyl sites for hydroxylation is 2. The van der Waals surface area contributed by atoms with Gasteiger partial charge in [0.1, 0.15) is 11.6 Å². The Hall–Kier alpha value is -1.59. The molecule has 0 amide bonds. The van der Waals surface area contributed by atoms with Crippen LogP contribution in [0.4, 0.5) is 4.39 Å². The van der Waals surface area contributed by atoms with Crippen molar-refractivity contribution in [3.05, 3.63) is 40.3 Å². The first-order chi connectivity index (χ1) is 9.52. The topological polar surface area (TPSA) is 39.1 Å². The molecule has 2 rings (SSSR count). The molecule has 0 bridgehead atoms. The predicted molar refractivity (Wildman–Crippen MR) is 76.8 cm³/mol. The monoisotopic (exact) mass is 297 g/mol. The zero-order valence-electron chi connectivity index (χ0n) is 11.7. The highest BCUT2D eigenvalue weighted by Gasteiger charge is 2.16. The van der Waals surface area contributed by atoms with Crippen molar-refractivity contribution in [3.8, 4) is 11.6 Å². The molecular formula is C14H17ClFN3O. The SMILES string of the molecule is CCNCc1c(C)nn(C)c1Oc1ccc(F)cc1Cl. The van der Waals surface area contributed by atoms with Gasteiger partial charge >= 0.3 is 0 Å². The maximum absolute atomic E-state index is 13.0. The average molecular weight is 298 g/mol. The highest BCUT2D eigenvalue weighted by Crippen LogP contribution is 2.32. The highest BCUT2D eigenvalue weighted by atomic mass is 35.5. The first kappa shape index (κ1) is 14.8. The molecule has 1 aromatic carbocycles. The standard InChI is InChI=1S/C14H17ClFN3O/c1-4-17-8-11-9(2)18-19(3)14(11)20-13-6-5-10(16)7-12(13)15/h5-7,17H,4,8H2,1-3H3. The Morgan fingerprint density at radius 1 is 1.45 bits per heavy atom. The zero-order chi connectivity index (χ0) is 14.7. The Morgan fingerprint density at radius 3 is 2.85 bits per heavy atom. The van der Waals surface area contributed by atoms with Gasteiger partial charge in [-0.25, -0.2) is 9.07 Å². The van der Waals surface area contributed by atoms with Crippen molar-refractivity contribution in [2.45, 2.75) is 20.4 Å². The van der Waals surface area contributed by atoms with E-state index in [4.69, 9.17) is 16.3 Å². The van der Waals surface area contributed by atoms with Crippen LogP contribution in [0.5, 0.6) is 11.6 Å². The Kier molecular flexibility index (Phi) is 4.62. The van der Waals surface area contributed by atoms with Gasteiger partial charge in [-0.3, -0.25) is 0 Å². The second-order valence-corrected chi connectivity index (χ2v) is 4.86. The molecule has 6 heteroatoms. The van der Waals surface area contributed by atoms with E-state index in [9.17, 15) is 4.39 Å². The molecule has 0 aliphatic rings. The smallest absolute Gasteiger partial charge is 0.222 e. The van der Waals surface area contributed by atoms with E-state index in [0.29, 0.717) is 18.2 Å². The molecule has 0 radical (unpaired) electrons. The number of hydrogen-bond donors (Lipinski definition) is 1. The minimum atomic E-state index is -0.392. The van der Waals surface area contributed by atoms with Crippen LogP contribution < -0.4 is 10.1 Å². The van der Waals surface area contributed by atoms with E-state index in [1.165, 1.54) is 18.2 Å². The molecule has 0 spiro atoms. The van der Waals surface area contributed by atoms with Crippen molar-refractivity contribution < 1.29 is 9.13 Å². The van der Waals surface area contributed by atoms with E-state index in [1.807, 2.05) is 13.8 Å². The van der Waals surface area contributed by atoms with Gasteiger partial charge in [0.15, 0.2) is 0 Å². The number of ether oxygens (including phenoxy) is 1. The Balaban J connectivity index is 2.32. The van der Waals surface area contributed by atoms with E-state index in [2.05, 4.69) is 10.4 Å². The molecule has 0 aliphatic heterocycles.